The topological polar surface area (TPSA) is 17.0 Å². The average Bonchev–Trinajstić information content (AvgIpc) is 3.17. The molecule has 2 aromatic heterocycles. The molecule has 0 bridgehead atoms. The maximum atomic E-state index is 15.5. The van der Waals surface area contributed by atoms with Gasteiger partial charge in [0.2, 0.25) is 5.69 Å². The highest BCUT2D eigenvalue weighted by molar-refractivity contribution is 6.88. The molecule has 0 aliphatic rings. The first-order chi connectivity index (χ1) is 16.9. The molecular formula is C28H27FNOSi+. The lowest BCUT2D eigenvalue weighted by Gasteiger charge is -2.17. The van der Waals surface area contributed by atoms with E-state index >= 15 is 4.39 Å². The Hall–Kier alpha value is -3.24. The Morgan fingerprint density at radius 1 is 0.875 bits per heavy atom. The first-order valence-corrected chi connectivity index (χ1v) is 14.1. The lowest BCUT2D eigenvalue weighted by Crippen LogP contribution is -2.37. The number of hydrogen-bond donors (Lipinski definition) is 0. The normalized spacial score (nSPS) is 13.8. The van der Waals surface area contributed by atoms with Crippen LogP contribution >= 0.6 is 0 Å². The molecule has 2 heterocycles. The van der Waals surface area contributed by atoms with Gasteiger partial charge in [-0.05, 0) is 36.2 Å². The summed E-state index contributed by atoms with van der Waals surface area (Å²) in [6.07, 6.45) is 1.95. The molecule has 0 aliphatic heterocycles. The number of aromatic nitrogens is 1. The number of nitrogens with zero attached hydrogens (tertiary/aromatic N) is 1. The maximum Gasteiger partial charge on any atom is 0.216 e. The number of pyridine rings is 1. The molecule has 0 saturated carbocycles. The lowest BCUT2D eigenvalue weighted by molar-refractivity contribution is -0.660. The zero-order valence-corrected chi connectivity index (χ0v) is 19.9. The van der Waals surface area contributed by atoms with E-state index in [1.165, 1.54) is 6.07 Å². The molecule has 0 radical (unpaired) electrons. The largest absolute Gasteiger partial charge is 0.454 e. The van der Waals surface area contributed by atoms with Crippen molar-refractivity contribution in [2.45, 2.75) is 26.6 Å². The number of halogens is 1. The molecule has 0 N–H and O–H groups in total. The fraction of sp³-hybridized carbons (Fsp3) is 0.179. The van der Waals surface area contributed by atoms with Gasteiger partial charge in [0, 0.05) is 22.9 Å². The third-order valence-corrected chi connectivity index (χ3v) is 7.65. The molecule has 160 valence electrons. The Kier molecular flexibility index (Phi) is 3.80. The maximum absolute atomic E-state index is 15.5. The molecule has 0 spiro atoms. The van der Waals surface area contributed by atoms with Crippen molar-refractivity contribution >= 4 is 35.2 Å². The monoisotopic (exact) mass is 444 g/mol. The Bertz CT molecular complexity index is 1680. The van der Waals surface area contributed by atoms with Crippen molar-refractivity contribution in [2.75, 3.05) is 0 Å². The van der Waals surface area contributed by atoms with Gasteiger partial charge in [0.25, 0.3) is 0 Å². The van der Waals surface area contributed by atoms with Gasteiger partial charge in [-0.25, -0.2) is 8.96 Å². The number of rotatable bonds is 3. The molecule has 0 atom stereocenters. The molecule has 0 amide bonds. The number of benzene rings is 3. The highest BCUT2D eigenvalue weighted by Gasteiger charge is 2.23. The minimum atomic E-state index is -2.19. The van der Waals surface area contributed by atoms with E-state index < -0.39 is 13.9 Å². The van der Waals surface area contributed by atoms with Crippen molar-refractivity contribution in [1.29, 1.82) is 0 Å². The van der Waals surface area contributed by atoms with Crippen LogP contribution in [0.15, 0.2) is 77.2 Å². The number of furan rings is 1. The predicted molar refractivity (Wildman–Crippen MR) is 133 cm³/mol. The molecule has 0 fully saturated rings. The smallest absolute Gasteiger partial charge is 0.216 e. The van der Waals surface area contributed by atoms with E-state index in [2.05, 4.69) is 0 Å². The van der Waals surface area contributed by atoms with E-state index in [0.29, 0.717) is 16.2 Å². The van der Waals surface area contributed by atoms with Crippen LogP contribution in [0.25, 0.3) is 44.3 Å². The van der Waals surface area contributed by atoms with Crippen molar-refractivity contribution < 1.29 is 18.9 Å². The Morgan fingerprint density at radius 3 is 2.19 bits per heavy atom. The van der Waals surface area contributed by atoms with E-state index in [0.717, 1.165) is 22.2 Å². The van der Waals surface area contributed by atoms with Gasteiger partial charge in [0.1, 0.15) is 24.0 Å². The summed E-state index contributed by atoms with van der Waals surface area (Å²) in [5.41, 5.74) is 3.51. The van der Waals surface area contributed by atoms with Gasteiger partial charge >= 0.3 is 0 Å². The quantitative estimate of drug-likeness (QED) is 0.222. The highest BCUT2D eigenvalue weighted by atomic mass is 28.3. The van der Waals surface area contributed by atoms with E-state index in [-0.39, 0.29) is 40.9 Å². The van der Waals surface area contributed by atoms with E-state index in [1.807, 2.05) is 74.7 Å². The van der Waals surface area contributed by atoms with Crippen molar-refractivity contribution in [3.63, 3.8) is 0 Å². The van der Waals surface area contributed by atoms with Crippen molar-refractivity contribution in [1.82, 2.24) is 0 Å². The van der Waals surface area contributed by atoms with Crippen LogP contribution < -0.4 is 9.75 Å². The highest BCUT2D eigenvalue weighted by Crippen LogP contribution is 2.41. The molecule has 32 heavy (non-hydrogen) atoms. The first-order valence-electron chi connectivity index (χ1n) is 12.6. The summed E-state index contributed by atoms with van der Waals surface area (Å²) in [7, 11) is -0.244. The zero-order valence-electron chi connectivity index (χ0n) is 22.9. The van der Waals surface area contributed by atoms with Gasteiger partial charge in [-0.2, -0.15) is 0 Å². The van der Waals surface area contributed by atoms with Crippen LogP contribution in [-0.2, 0) is 7.05 Å². The van der Waals surface area contributed by atoms with Crippen LogP contribution in [0.3, 0.4) is 0 Å². The Balaban J connectivity index is 1.92. The minimum Gasteiger partial charge on any atom is -0.454 e. The van der Waals surface area contributed by atoms with Gasteiger partial charge in [-0.3, -0.25) is 0 Å². The third kappa shape index (κ3) is 3.26. The fourth-order valence-corrected chi connectivity index (χ4v) is 5.00. The summed E-state index contributed by atoms with van der Waals surface area (Å²) in [6, 6.07) is 12.1. The van der Waals surface area contributed by atoms with Crippen LogP contribution in [0.4, 0.5) is 4.39 Å². The second-order valence-electron chi connectivity index (χ2n) is 9.23. The van der Waals surface area contributed by atoms with Crippen molar-refractivity contribution in [3.8, 4) is 22.4 Å². The number of hydrogen-bond acceptors (Lipinski definition) is 1. The van der Waals surface area contributed by atoms with Crippen LogP contribution in [0.2, 0.25) is 19.6 Å². The van der Waals surface area contributed by atoms with Crippen LogP contribution in [0, 0.1) is 12.7 Å². The molecule has 2 nitrogen and oxygen atoms in total. The third-order valence-electron chi connectivity index (χ3n) is 5.90. The number of aryl methyl sites for hydroxylation is 2. The standard InChI is InChI=1S/C28H27FNOSi/c1-18-9-14-21-22-15-16-23(29)26(19-10-12-20(13-11-19)32(3,4)5)28(22)31-27(21)25(18)24-8-6-7-17-30(24)2/h6-17H,1-5H3/q+1/i10D,11D,12D,13D. The molecule has 5 rings (SSSR count). The van der Waals surface area contributed by atoms with Crippen LogP contribution in [0.5, 0.6) is 0 Å². The van der Waals surface area contributed by atoms with Gasteiger partial charge in [-0.1, -0.05) is 61.1 Å². The predicted octanol–water partition coefficient (Wildman–Crippen LogP) is 6.74. The summed E-state index contributed by atoms with van der Waals surface area (Å²) in [5.74, 6) is -0.647. The Labute approximate surface area is 194 Å². The zero-order chi connectivity index (χ0) is 26.1. The van der Waals surface area contributed by atoms with Gasteiger partial charge in [0.05, 0.1) is 24.7 Å². The molecule has 0 saturated heterocycles. The second kappa shape index (κ2) is 7.42. The Morgan fingerprint density at radius 2 is 1.53 bits per heavy atom. The second-order valence-corrected chi connectivity index (χ2v) is 14.2. The van der Waals surface area contributed by atoms with E-state index in [9.17, 15) is 0 Å². The molecule has 0 aliphatic carbocycles. The van der Waals surface area contributed by atoms with Gasteiger partial charge in [-0.15, -0.1) is 0 Å². The number of fused-ring (bicyclic) bond motifs is 3. The summed E-state index contributed by atoms with van der Waals surface area (Å²) in [5, 5.41) is 1.89. The van der Waals surface area contributed by atoms with E-state index in [4.69, 9.17) is 9.90 Å². The molecule has 3 aromatic carbocycles. The molecule has 4 heteroatoms. The molecule has 5 aromatic rings. The summed E-state index contributed by atoms with van der Waals surface area (Å²) >= 11 is 0. The summed E-state index contributed by atoms with van der Waals surface area (Å²) in [6.45, 7) is 7.93. The average molecular weight is 445 g/mol. The summed E-state index contributed by atoms with van der Waals surface area (Å²) in [4.78, 5) is 0. The SMILES string of the molecule is [2H]c1c([2H])c([Si](C)(C)C)c([2H])c([2H])c1-c1c(F)ccc2c1oc1c(-c3cccc[n+]3C)c(C)ccc12. The van der Waals surface area contributed by atoms with Crippen LogP contribution in [-0.4, -0.2) is 8.07 Å². The first kappa shape index (κ1) is 16.4. The molecular weight excluding hydrogens is 413 g/mol. The lowest BCUT2D eigenvalue weighted by atomic mass is 9.99. The summed E-state index contributed by atoms with van der Waals surface area (Å²) < 4.78 is 58.7. The van der Waals surface area contributed by atoms with Gasteiger partial charge < -0.3 is 4.42 Å². The van der Waals surface area contributed by atoms with Crippen molar-refractivity contribution in [2.24, 2.45) is 7.05 Å². The minimum absolute atomic E-state index is 0.0381. The van der Waals surface area contributed by atoms with Crippen molar-refractivity contribution in [3.05, 3.63) is 84.2 Å². The molecule has 0 unspecified atom stereocenters. The fourth-order valence-electron chi connectivity index (χ4n) is 4.12. The van der Waals surface area contributed by atoms with E-state index in [1.54, 1.807) is 6.07 Å². The van der Waals surface area contributed by atoms with Gasteiger partial charge in [0.15, 0.2) is 6.20 Å². The van der Waals surface area contributed by atoms with Crippen LogP contribution in [0.1, 0.15) is 11.0 Å².